The highest BCUT2D eigenvalue weighted by molar-refractivity contribution is 6.05. The Labute approximate surface area is 263 Å². The molecule has 240 valence electrons. The molecule has 4 aromatic rings. The molecule has 1 aliphatic heterocycles. The molecule has 0 spiro atoms. The first kappa shape index (κ1) is 32.4. The summed E-state index contributed by atoms with van der Waals surface area (Å²) in [4.78, 5) is 42.0. The molecule has 3 aromatic carbocycles. The van der Waals surface area contributed by atoms with Crippen molar-refractivity contribution in [2.75, 3.05) is 11.4 Å². The highest BCUT2D eigenvalue weighted by Gasteiger charge is 2.46. The van der Waals surface area contributed by atoms with Gasteiger partial charge in [0.15, 0.2) is 0 Å². The third-order valence-corrected chi connectivity index (χ3v) is 7.74. The van der Waals surface area contributed by atoms with Gasteiger partial charge in [0.1, 0.15) is 17.7 Å². The van der Waals surface area contributed by atoms with Crippen molar-refractivity contribution in [3.63, 3.8) is 0 Å². The van der Waals surface area contributed by atoms with Gasteiger partial charge in [-0.25, -0.2) is 9.07 Å². The number of anilines is 1. The van der Waals surface area contributed by atoms with Crippen LogP contribution in [0.5, 0.6) is 0 Å². The number of hydrogen-bond donors (Lipinski definition) is 2. The van der Waals surface area contributed by atoms with Crippen LogP contribution in [0.25, 0.3) is 5.69 Å². The molecular formula is C34H33F4N5O3. The molecule has 2 N–H and O–H groups in total. The normalized spacial score (nSPS) is 16.3. The van der Waals surface area contributed by atoms with E-state index in [1.807, 2.05) is 32.0 Å². The van der Waals surface area contributed by atoms with Crippen molar-refractivity contribution >= 4 is 23.5 Å². The lowest BCUT2D eigenvalue weighted by atomic mass is 9.80. The number of fused-ring (bicyclic) bond motifs is 1. The van der Waals surface area contributed by atoms with Crippen molar-refractivity contribution in [1.82, 2.24) is 20.4 Å². The minimum Gasteiger partial charge on any atom is -0.350 e. The maximum absolute atomic E-state index is 14.3. The van der Waals surface area contributed by atoms with Crippen molar-refractivity contribution < 1.29 is 31.9 Å². The van der Waals surface area contributed by atoms with Crippen LogP contribution in [0.3, 0.4) is 0 Å². The number of nitrogens with zero attached hydrogens (tertiary/aromatic N) is 3. The maximum atomic E-state index is 14.3. The summed E-state index contributed by atoms with van der Waals surface area (Å²) in [7, 11) is 0. The van der Waals surface area contributed by atoms with Crippen molar-refractivity contribution in [3.05, 3.63) is 113 Å². The molecular weight excluding hydrogens is 602 g/mol. The van der Waals surface area contributed by atoms with Crippen LogP contribution in [-0.2, 0) is 22.3 Å². The van der Waals surface area contributed by atoms with E-state index in [0.29, 0.717) is 28.3 Å². The van der Waals surface area contributed by atoms with Gasteiger partial charge < -0.3 is 10.6 Å². The predicted octanol–water partition coefficient (Wildman–Crippen LogP) is 5.99. The Morgan fingerprint density at radius 1 is 0.978 bits per heavy atom. The van der Waals surface area contributed by atoms with Gasteiger partial charge in [0.25, 0.3) is 11.8 Å². The number of rotatable bonds is 9. The van der Waals surface area contributed by atoms with Crippen molar-refractivity contribution in [2.24, 2.45) is 5.92 Å². The Balaban J connectivity index is 1.68. The Bertz CT molecular complexity index is 1740. The molecule has 1 aromatic heterocycles. The van der Waals surface area contributed by atoms with Crippen LogP contribution < -0.4 is 15.5 Å². The van der Waals surface area contributed by atoms with Gasteiger partial charge in [-0.15, -0.1) is 0 Å². The molecule has 0 aliphatic carbocycles. The second kappa shape index (κ2) is 13.2. The van der Waals surface area contributed by atoms with Crippen molar-refractivity contribution in [1.29, 1.82) is 0 Å². The lowest BCUT2D eigenvalue weighted by Gasteiger charge is -2.38. The fraction of sp³-hybridized carbons (Fsp3) is 0.294. The Hall–Kier alpha value is -5.00. The largest absolute Gasteiger partial charge is 0.416 e. The van der Waals surface area contributed by atoms with Crippen LogP contribution >= 0.6 is 0 Å². The number of para-hydroxylation sites is 1. The average molecular weight is 636 g/mol. The number of hydrogen-bond acceptors (Lipinski definition) is 4. The number of nitrogens with one attached hydrogen (secondary N) is 2. The van der Waals surface area contributed by atoms with Gasteiger partial charge >= 0.3 is 6.18 Å². The SMILES string of the molecule is CCN1C(=O)[C@@H](NC(=O)c2cccc(C(F)(F)F)c2)[C@@H](c2ccc(F)cc2)c2c(CNC(=O)CC(C)C)nn(-c3ccccc3)c21. The van der Waals surface area contributed by atoms with Gasteiger partial charge in [-0.05, 0) is 60.9 Å². The molecule has 0 saturated carbocycles. The first-order chi connectivity index (χ1) is 21.9. The van der Waals surface area contributed by atoms with Gasteiger partial charge in [0.05, 0.1) is 23.5 Å². The summed E-state index contributed by atoms with van der Waals surface area (Å²) >= 11 is 0. The number of amides is 3. The predicted molar refractivity (Wildman–Crippen MR) is 164 cm³/mol. The Morgan fingerprint density at radius 3 is 2.30 bits per heavy atom. The molecule has 12 heteroatoms. The zero-order valence-corrected chi connectivity index (χ0v) is 25.4. The molecule has 2 atom stereocenters. The zero-order chi connectivity index (χ0) is 33.2. The van der Waals surface area contributed by atoms with E-state index in [0.717, 1.165) is 18.2 Å². The Morgan fingerprint density at radius 2 is 1.67 bits per heavy atom. The summed E-state index contributed by atoms with van der Waals surface area (Å²) in [5.74, 6) is -2.57. The number of carbonyl (C=O) groups excluding carboxylic acids is 3. The minimum absolute atomic E-state index is 0.00848. The third kappa shape index (κ3) is 6.65. The number of alkyl halides is 3. The highest BCUT2D eigenvalue weighted by Crippen LogP contribution is 2.44. The standard InChI is InChI=1S/C34H33F4N5O3/c1-4-42-32-29(26(19-39-27(44)17-20(2)3)41-43(32)25-11-6-5-7-12-25)28(21-13-15-24(35)16-14-21)30(33(42)46)40-31(45)22-9-8-10-23(18-22)34(36,37)38/h5-16,18,20,28,30H,4,17,19H2,1-3H3,(H,39,44)(H,40,45)/t28-,30-/m0/s1. The van der Waals surface area contributed by atoms with Gasteiger partial charge in [-0.1, -0.05) is 50.2 Å². The van der Waals surface area contributed by atoms with E-state index in [1.165, 1.54) is 35.2 Å². The number of halogens is 4. The number of benzene rings is 3. The fourth-order valence-corrected chi connectivity index (χ4v) is 5.67. The molecule has 5 rings (SSSR count). The van der Waals surface area contributed by atoms with E-state index >= 15 is 0 Å². The summed E-state index contributed by atoms with van der Waals surface area (Å²) in [6.07, 6.45) is -4.40. The van der Waals surface area contributed by atoms with E-state index in [4.69, 9.17) is 5.10 Å². The van der Waals surface area contributed by atoms with E-state index in [1.54, 1.807) is 23.7 Å². The van der Waals surface area contributed by atoms with E-state index < -0.39 is 41.3 Å². The first-order valence-corrected chi connectivity index (χ1v) is 14.9. The monoisotopic (exact) mass is 635 g/mol. The highest BCUT2D eigenvalue weighted by atomic mass is 19.4. The summed E-state index contributed by atoms with van der Waals surface area (Å²) in [5.41, 5.74) is 0.727. The molecule has 0 bridgehead atoms. The molecule has 0 unspecified atom stereocenters. The van der Waals surface area contributed by atoms with E-state index in [9.17, 15) is 31.9 Å². The summed E-state index contributed by atoms with van der Waals surface area (Å²) in [5, 5.41) is 10.4. The van der Waals surface area contributed by atoms with Crippen LogP contribution in [0.15, 0.2) is 78.9 Å². The van der Waals surface area contributed by atoms with E-state index in [2.05, 4.69) is 10.6 Å². The summed E-state index contributed by atoms with van der Waals surface area (Å²) in [6.45, 7) is 5.73. The van der Waals surface area contributed by atoms with E-state index in [-0.39, 0.29) is 36.9 Å². The van der Waals surface area contributed by atoms with Gasteiger partial charge in [-0.2, -0.15) is 18.3 Å². The molecule has 0 saturated heterocycles. The van der Waals surface area contributed by atoms with Crippen LogP contribution in [0.2, 0.25) is 0 Å². The summed E-state index contributed by atoms with van der Waals surface area (Å²) < 4.78 is 56.1. The second-order valence-corrected chi connectivity index (χ2v) is 11.4. The molecule has 0 radical (unpaired) electrons. The molecule has 3 amide bonds. The lowest BCUT2D eigenvalue weighted by Crippen LogP contribution is -2.55. The van der Waals surface area contributed by atoms with Crippen LogP contribution in [0.4, 0.5) is 23.4 Å². The molecule has 46 heavy (non-hydrogen) atoms. The first-order valence-electron chi connectivity index (χ1n) is 14.9. The quantitative estimate of drug-likeness (QED) is 0.221. The maximum Gasteiger partial charge on any atom is 0.416 e. The minimum atomic E-state index is -4.68. The van der Waals surface area contributed by atoms with Crippen molar-refractivity contribution in [3.8, 4) is 5.69 Å². The average Bonchev–Trinajstić information content (AvgIpc) is 3.39. The van der Waals surface area contributed by atoms with Crippen LogP contribution in [0.1, 0.15) is 65.9 Å². The van der Waals surface area contributed by atoms with Gasteiger partial charge in [0.2, 0.25) is 5.91 Å². The zero-order valence-electron chi connectivity index (χ0n) is 25.4. The topological polar surface area (TPSA) is 96.3 Å². The Kier molecular flexibility index (Phi) is 9.27. The fourth-order valence-electron chi connectivity index (χ4n) is 5.67. The van der Waals surface area contributed by atoms with Crippen LogP contribution in [-0.4, -0.2) is 40.1 Å². The summed E-state index contributed by atoms with van der Waals surface area (Å²) in [6, 6.07) is 17.1. The smallest absolute Gasteiger partial charge is 0.350 e. The molecule has 8 nitrogen and oxygen atoms in total. The van der Waals surface area contributed by atoms with Gasteiger partial charge in [-0.3, -0.25) is 19.3 Å². The molecule has 2 heterocycles. The van der Waals surface area contributed by atoms with Gasteiger partial charge in [0, 0.05) is 30.0 Å². The number of carbonyl (C=O) groups is 3. The lowest BCUT2D eigenvalue weighted by molar-refractivity contribution is -0.137. The number of aromatic nitrogens is 2. The number of likely N-dealkylation sites (N-methyl/N-ethyl adjacent to an activating group) is 1. The van der Waals surface area contributed by atoms with Crippen LogP contribution in [0, 0.1) is 11.7 Å². The third-order valence-electron chi connectivity index (χ3n) is 7.74. The molecule has 1 aliphatic rings. The second-order valence-electron chi connectivity index (χ2n) is 11.4. The van der Waals surface area contributed by atoms with Crippen molar-refractivity contribution in [2.45, 2.75) is 51.9 Å². The molecule has 0 fully saturated rings.